The summed E-state index contributed by atoms with van der Waals surface area (Å²) < 4.78 is 12.5. The van der Waals surface area contributed by atoms with Crippen molar-refractivity contribution < 1.29 is 23.9 Å². The van der Waals surface area contributed by atoms with Crippen molar-refractivity contribution in [2.75, 3.05) is 0 Å². The van der Waals surface area contributed by atoms with Crippen molar-refractivity contribution in [3.8, 4) is 0 Å². The summed E-state index contributed by atoms with van der Waals surface area (Å²) in [4.78, 5) is 32.6. The summed E-state index contributed by atoms with van der Waals surface area (Å²) in [6.07, 6.45) is 1.23. The lowest BCUT2D eigenvalue weighted by Crippen LogP contribution is -2.11. The van der Waals surface area contributed by atoms with E-state index >= 15 is 0 Å². The Morgan fingerprint density at radius 1 is 1.06 bits per heavy atom. The molecule has 0 aliphatic heterocycles. The van der Waals surface area contributed by atoms with E-state index in [-0.39, 0.29) is 5.56 Å². The van der Waals surface area contributed by atoms with Crippen LogP contribution in [-0.2, 0) is 9.59 Å². The summed E-state index contributed by atoms with van der Waals surface area (Å²) in [5, 5.41) is 8.25. The highest BCUT2D eigenvalue weighted by atomic mass is 19.1. The molecule has 0 aliphatic carbocycles. The van der Waals surface area contributed by atoms with Crippen molar-refractivity contribution in [1.29, 1.82) is 0 Å². The van der Waals surface area contributed by atoms with Gasteiger partial charge in [-0.25, -0.2) is 9.18 Å². The van der Waals surface area contributed by atoms with Crippen LogP contribution < -0.4 is 0 Å². The largest absolute Gasteiger partial charge is 0.478 e. The molecule has 0 heterocycles. The van der Waals surface area contributed by atoms with Crippen LogP contribution in [0.2, 0.25) is 0 Å². The number of hydrogen-bond acceptors (Lipinski definition) is 3. The molecule has 0 fully saturated rings. The van der Waals surface area contributed by atoms with Gasteiger partial charge in [0.05, 0.1) is 0 Å². The number of carbonyl (C=O) groups excluding carboxylic acids is 2. The lowest BCUT2D eigenvalue weighted by atomic mass is 10.1. The first-order valence-corrected chi connectivity index (χ1v) is 4.26. The van der Waals surface area contributed by atoms with Gasteiger partial charge in [0, 0.05) is 11.6 Å². The van der Waals surface area contributed by atoms with Crippen molar-refractivity contribution in [2.45, 2.75) is 0 Å². The Morgan fingerprint density at radius 2 is 1.62 bits per heavy atom. The van der Waals surface area contributed by atoms with Gasteiger partial charge in [-0.3, -0.25) is 9.59 Å². The monoisotopic (exact) mass is 222 g/mol. The summed E-state index contributed by atoms with van der Waals surface area (Å²) in [6, 6.07) is 4.40. The van der Waals surface area contributed by atoms with Crippen LogP contribution in [0.3, 0.4) is 0 Å². The molecule has 1 aromatic carbocycles. The predicted molar refractivity (Wildman–Crippen MR) is 52.5 cm³/mol. The molecule has 0 aliphatic rings. The first-order chi connectivity index (χ1) is 7.50. The van der Waals surface area contributed by atoms with Gasteiger partial charge < -0.3 is 5.11 Å². The van der Waals surface area contributed by atoms with Gasteiger partial charge in [0.15, 0.2) is 0 Å². The highest BCUT2D eigenvalue weighted by molar-refractivity contribution is 6.47. The van der Waals surface area contributed by atoms with Crippen LogP contribution in [0.1, 0.15) is 10.4 Å². The lowest BCUT2D eigenvalue weighted by Gasteiger charge is -1.95. The van der Waals surface area contributed by atoms with Crippen LogP contribution in [0.25, 0.3) is 0 Å². The number of carbonyl (C=O) groups is 3. The van der Waals surface area contributed by atoms with Gasteiger partial charge >= 0.3 is 5.97 Å². The SMILES string of the molecule is O=C(O)/C=C/C(=O)C(=O)c1ccc(F)cc1. The van der Waals surface area contributed by atoms with Crippen LogP contribution in [0.15, 0.2) is 36.4 Å². The fourth-order valence-electron chi connectivity index (χ4n) is 0.966. The molecule has 5 heteroatoms. The molecule has 0 radical (unpaired) electrons. The highest BCUT2D eigenvalue weighted by Crippen LogP contribution is 2.04. The number of benzene rings is 1. The van der Waals surface area contributed by atoms with Gasteiger partial charge in [-0.05, 0) is 30.3 Å². The average molecular weight is 222 g/mol. The molecular formula is C11H7FO4. The summed E-state index contributed by atoms with van der Waals surface area (Å²) >= 11 is 0. The van der Waals surface area contributed by atoms with Gasteiger partial charge in [-0.15, -0.1) is 0 Å². The third kappa shape index (κ3) is 3.13. The van der Waals surface area contributed by atoms with Crippen LogP contribution in [0.4, 0.5) is 4.39 Å². The summed E-state index contributed by atoms with van der Waals surface area (Å²) in [7, 11) is 0. The number of ketones is 2. The third-order valence-corrected chi connectivity index (χ3v) is 1.71. The number of aliphatic carboxylic acids is 1. The normalized spacial score (nSPS) is 10.3. The number of halogens is 1. The maximum absolute atomic E-state index is 12.5. The minimum atomic E-state index is -1.32. The number of Topliss-reactive ketones (excluding diaryl/α,β-unsaturated/α-hetero) is 1. The molecule has 82 valence electrons. The molecule has 0 unspecified atom stereocenters. The van der Waals surface area contributed by atoms with Gasteiger partial charge in [0.25, 0.3) is 0 Å². The third-order valence-electron chi connectivity index (χ3n) is 1.71. The molecule has 1 N–H and O–H groups in total. The molecule has 0 saturated carbocycles. The van der Waals surface area contributed by atoms with E-state index in [9.17, 15) is 18.8 Å². The number of rotatable bonds is 4. The Morgan fingerprint density at radius 3 is 2.12 bits per heavy atom. The topological polar surface area (TPSA) is 71.4 Å². The Labute approximate surface area is 90.0 Å². The zero-order valence-corrected chi connectivity index (χ0v) is 8.01. The number of carboxylic acid groups (broad SMARTS) is 1. The number of allylic oxidation sites excluding steroid dienone is 1. The summed E-state index contributed by atoms with van der Waals surface area (Å²) in [6.45, 7) is 0. The van der Waals surface area contributed by atoms with Crippen LogP contribution in [-0.4, -0.2) is 22.6 Å². The summed E-state index contributed by atoms with van der Waals surface area (Å²) in [5.41, 5.74) is 0.0152. The zero-order chi connectivity index (χ0) is 12.1. The highest BCUT2D eigenvalue weighted by Gasteiger charge is 2.13. The van der Waals surface area contributed by atoms with Crippen LogP contribution >= 0.6 is 0 Å². The van der Waals surface area contributed by atoms with Crippen molar-refractivity contribution in [3.05, 3.63) is 47.8 Å². The van der Waals surface area contributed by atoms with Gasteiger partial charge in [-0.2, -0.15) is 0 Å². The molecular weight excluding hydrogens is 215 g/mol. The van der Waals surface area contributed by atoms with E-state index in [0.29, 0.717) is 12.2 Å². The van der Waals surface area contributed by atoms with E-state index in [2.05, 4.69) is 0 Å². The maximum atomic E-state index is 12.5. The minimum Gasteiger partial charge on any atom is -0.478 e. The Bertz CT molecular complexity index is 459. The Kier molecular flexibility index (Phi) is 3.66. The molecule has 0 bridgehead atoms. The molecule has 0 spiro atoms. The smallest absolute Gasteiger partial charge is 0.328 e. The predicted octanol–water partition coefficient (Wildman–Crippen LogP) is 1.22. The van der Waals surface area contributed by atoms with Crippen molar-refractivity contribution in [3.63, 3.8) is 0 Å². The van der Waals surface area contributed by atoms with E-state index in [1.54, 1.807) is 0 Å². The number of hydrogen-bond donors (Lipinski definition) is 1. The van der Waals surface area contributed by atoms with Crippen LogP contribution in [0.5, 0.6) is 0 Å². The average Bonchev–Trinajstić information content (AvgIpc) is 2.26. The van der Waals surface area contributed by atoms with E-state index in [0.717, 1.165) is 24.3 Å². The number of carboxylic acids is 1. The van der Waals surface area contributed by atoms with E-state index in [4.69, 9.17) is 5.11 Å². The van der Waals surface area contributed by atoms with Gasteiger partial charge in [0.2, 0.25) is 11.6 Å². The van der Waals surface area contributed by atoms with E-state index in [1.807, 2.05) is 0 Å². The fourth-order valence-corrected chi connectivity index (χ4v) is 0.966. The second-order valence-corrected chi connectivity index (χ2v) is 2.87. The maximum Gasteiger partial charge on any atom is 0.328 e. The summed E-state index contributed by atoms with van der Waals surface area (Å²) in [5.74, 6) is -3.68. The quantitative estimate of drug-likeness (QED) is 0.472. The Hall–Kier alpha value is -2.30. The van der Waals surface area contributed by atoms with Crippen LogP contribution in [0, 0.1) is 5.82 Å². The fraction of sp³-hybridized carbons (Fsp3) is 0. The van der Waals surface area contributed by atoms with Crippen molar-refractivity contribution in [2.24, 2.45) is 0 Å². The van der Waals surface area contributed by atoms with Crippen molar-refractivity contribution >= 4 is 17.5 Å². The molecule has 1 aromatic rings. The minimum absolute atomic E-state index is 0.0152. The van der Waals surface area contributed by atoms with Gasteiger partial charge in [0.1, 0.15) is 5.82 Å². The van der Waals surface area contributed by atoms with E-state index < -0.39 is 23.4 Å². The molecule has 1 rings (SSSR count). The Balaban J connectivity index is 2.82. The second kappa shape index (κ2) is 4.97. The van der Waals surface area contributed by atoms with Crippen molar-refractivity contribution in [1.82, 2.24) is 0 Å². The molecule has 4 nitrogen and oxygen atoms in total. The second-order valence-electron chi connectivity index (χ2n) is 2.87. The molecule has 0 atom stereocenters. The first-order valence-electron chi connectivity index (χ1n) is 4.26. The zero-order valence-electron chi connectivity index (χ0n) is 8.01. The standard InChI is InChI=1S/C11H7FO4/c12-8-3-1-7(2-4-8)11(16)9(13)5-6-10(14)15/h1-6H,(H,14,15)/b6-5+. The molecule has 0 saturated heterocycles. The lowest BCUT2D eigenvalue weighted by molar-refractivity contribution is -0.131. The first kappa shape index (κ1) is 11.8. The molecule has 0 amide bonds. The van der Waals surface area contributed by atoms with Gasteiger partial charge in [-0.1, -0.05) is 0 Å². The van der Waals surface area contributed by atoms with E-state index in [1.165, 1.54) is 0 Å². The molecule has 16 heavy (non-hydrogen) atoms. The molecule has 0 aromatic heterocycles.